The van der Waals surface area contributed by atoms with Crippen molar-refractivity contribution in [2.75, 3.05) is 13.2 Å². The molecule has 0 fully saturated rings. The Hall–Kier alpha value is -1.08. The Morgan fingerprint density at radius 3 is 2.63 bits per heavy atom. The average Bonchev–Trinajstić information content (AvgIpc) is 2.26. The maximum absolute atomic E-state index is 11.9. The summed E-state index contributed by atoms with van der Waals surface area (Å²) in [5.74, 6) is -1.97. The minimum absolute atomic E-state index is 0.0120. The number of carboxylic acids is 1. The van der Waals surface area contributed by atoms with Crippen LogP contribution in [0.4, 0.5) is 13.2 Å². The summed E-state index contributed by atoms with van der Waals surface area (Å²) >= 11 is 3.21. The summed E-state index contributed by atoms with van der Waals surface area (Å²) in [6.07, 6.45) is -4.41. The molecule has 0 spiro atoms. The molecule has 1 N–H and O–H groups in total. The number of hydrogen-bond donors (Lipinski definition) is 1. The van der Waals surface area contributed by atoms with Gasteiger partial charge in [-0.3, -0.25) is 4.79 Å². The number of benzene rings is 1. The van der Waals surface area contributed by atoms with Crippen molar-refractivity contribution in [3.8, 4) is 0 Å². The molecule has 0 radical (unpaired) electrons. The van der Waals surface area contributed by atoms with Gasteiger partial charge >= 0.3 is 12.1 Å². The molecule has 0 saturated heterocycles. The third-order valence-corrected chi connectivity index (χ3v) is 2.86. The van der Waals surface area contributed by atoms with Crippen LogP contribution in [0.25, 0.3) is 0 Å². The molecule has 0 heterocycles. The van der Waals surface area contributed by atoms with Gasteiger partial charge in [-0.15, -0.1) is 0 Å². The van der Waals surface area contributed by atoms with Crippen molar-refractivity contribution in [2.24, 2.45) is 0 Å². The number of hydrogen-bond acceptors (Lipinski definition) is 2. The molecule has 1 aromatic rings. The van der Waals surface area contributed by atoms with E-state index < -0.39 is 24.7 Å². The molecule has 7 heteroatoms. The number of ether oxygens (including phenoxy) is 1. The SMILES string of the molecule is O=C(O)C(CCOCC(F)(F)F)c1cccc(Br)c1. The van der Waals surface area contributed by atoms with Crippen LogP contribution >= 0.6 is 15.9 Å². The molecule has 1 aromatic carbocycles. The van der Waals surface area contributed by atoms with Gasteiger partial charge in [-0.05, 0) is 24.1 Å². The first kappa shape index (κ1) is 16.0. The molecular formula is C12H12BrF3O3. The third-order valence-electron chi connectivity index (χ3n) is 2.37. The van der Waals surface area contributed by atoms with Crippen molar-refractivity contribution in [1.82, 2.24) is 0 Å². The lowest BCUT2D eigenvalue weighted by molar-refractivity contribution is -0.174. The minimum atomic E-state index is -4.39. The predicted molar refractivity (Wildman–Crippen MR) is 66.0 cm³/mol. The van der Waals surface area contributed by atoms with Gasteiger partial charge in [-0.1, -0.05) is 28.1 Å². The van der Waals surface area contributed by atoms with Crippen molar-refractivity contribution in [3.63, 3.8) is 0 Å². The number of aliphatic carboxylic acids is 1. The molecule has 0 saturated carbocycles. The standard InChI is InChI=1S/C12H12BrF3O3/c13-9-3-1-2-8(6-9)10(11(17)18)4-5-19-7-12(14,15)16/h1-3,6,10H,4-5,7H2,(H,17,18). The highest BCUT2D eigenvalue weighted by molar-refractivity contribution is 9.10. The topological polar surface area (TPSA) is 46.5 Å². The maximum Gasteiger partial charge on any atom is 0.411 e. The van der Waals surface area contributed by atoms with Gasteiger partial charge in [0, 0.05) is 11.1 Å². The smallest absolute Gasteiger partial charge is 0.411 e. The highest BCUT2D eigenvalue weighted by Gasteiger charge is 2.28. The number of carbonyl (C=O) groups is 1. The Kier molecular flexibility index (Phi) is 5.81. The van der Waals surface area contributed by atoms with E-state index >= 15 is 0 Å². The molecular weight excluding hydrogens is 329 g/mol. The molecule has 1 atom stereocenters. The van der Waals surface area contributed by atoms with Crippen LogP contribution in [-0.4, -0.2) is 30.5 Å². The molecule has 1 unspecified atom stereocenters. The zero-order valence-electron chi connectivity index (χ0n) is 9.78. The zero-order valence-corrected chi connectivity index (χ0v) is 11.4. The molecule has 0 amide bonds. The Morgan fingerprint density at radius 1 is 1.42 bits per heavy atom. The normalized spacial score (nSPS) is 13.3. The highest BCUT2D eigenvalue weighted by atomic mass is 79.9. The molecule has 1 rings (SSSR count). The highest BCUT2D eigenvalue weighted by Crippen LogP contribution is 2.24. The van der Waals surface area contributed by atoms with Crippen LogP contribution in [-0.2, 0) is 9.53 Å². The molecule has 3 nitrogen and oxygen atoms in total. The fourth-order valence-corrected chi connectivity index (χ4v) is 1.96. The van der Waals surface area contributed by atoms with Gasteiger partial charge in [0.15, 0.2) is 0 Å². The summed E-state index contributed by atoms with van der Waals surface area (Å²) in [5, 5.41) is 9.08. The van der Waals surface area contributed by atoms with Crippen molar-refractivity contribution in [1.29, 1.82) is 0 Å². The Morgan fingerprint density at radius 2 is 2.11 bits per heavy atom. The van der Waals surface area contributed by atoms with Crippen LogP contribution in [0.15, 0.2) is 28.7 Å². The number of alkyl halides is 3. The van der Waals surface area contributed by atoms with Crippen LogP contribution in [0.5, 0.6) is 0 Å². The molecule has 0 bridgehead atoms. The molecule has 0 aliphatic heterocycles. The van der Waals surface area contributed by atoms with E-state index in [1.165, 1.54) is 0 Å². The largest absolute Gasteiger partial charge is 0.481 e. The van der Waals surface area contributed by atoms with E-state index in [-0.39, 0.29) is 13.0 Å². The second-order valence-corrected chi connectivity index (χ2v) is 4.82. The molecule has 0 aliphatic rings. The van der Waals surface area contributed by atoms with Crippen molar-refractivity contribution >= 4 is 21.9 Å². The molecule has 0 aromatic heterocycles. The van der Waals surface area contributed by atoms with Crippen LogP contribution in [0.3, 0.4) is 0 Å². The lowest BCUT2D eigenvalue weighted by Gasteiger charge is -2.14. The van der Waals surface area contributed by atoms with Gasteiger partial charge in [0.2, 0.25) is 0 Å². The first-order valence-corrected chi connectivity index (χ1v) is 6.21. The summed E-state index contributed by atoms with van der Waals surface area (Å²) in [6, 6.07) is 6.66. The molecule has 106 valence electrons. The summed E-state index contributed by atoms with van der Waals surface area (Å²) in [7, 11) is 0. The average molecular weight is 341 g/mol. The van der Waals surface area contributed by atoms with Gasteiger partial charge in [0.05, 0.1) is 5.92 Å². The van der Waals surface area contributed by atoms with E-state index in [9.17, 15) is 18.0 Å². The lowest BCUT2D eigenvalue weighted by Crippen LogP contribution is -2.20. The summed E-state index contributed by atoms with van der Waals surface area (Å²) < 4.78 is 40.7. The van der Waals surface area contributed by atoms with E-state index in [1.54, 1.807) is 24.3 Å². The third kappa shape index (κ3) is 6.07. The van der Waals surface area contributed by atoms with E-state index in [1.807, 2.05) is 0 Å². The number of carboxylic acid groups (broad SMARTS) is 1. The Labute approximate surface area is 116 Å². The first-order chi connectivity index (χ1) is 8.79. The van der Waals surface area contributed by atoms with Crippen LogP contribution in [0.2, 0.25) is 0 Å². The Bertz CT molecular complexity index is 434. The predicted octanol–water partition coefficient (Wildman–Crippen LogP) is 3.59. The van der Waals surface area contributed by atoms with E-state index in [4.69, 9.17) is 5.11 Å². The van der Waals surface area contributed by atoms with Crippen LogP contribution in [0.1, 0.15) is 17.9 Å². The second-order valence-electron chi connectivity index (χ2n) is 3.90. The number of halogens is 4. The first-order valence-electron chi connectivity index (χ1n) is 5.42. The van der Waals surface area contributed by atoms with Crippen molar-refractivity contribution in [2.45, 2.75) is 18.5 Å². The summed E-state index contributed by atoms with van der Waals surface area (Å²) in [4.78, 5) is 11.1. The molecule has 0 aliphatic carbocycles. The number of rotatable bonds is 6. The monoisotopic (exact) mass is 340 g/mol. The van der Waals surface area contributed by atoms with Gasteiger partial charge in [-0.25, -0.2) is 0 Å². The van der Waals surface area contributed by atoms with E-state index in [0.29, 0.717) is 10.0 Å². The van der Waals surface area contributed by atoms with Gasteiger partial charge in [-0.2, -0.15) is 13.2 Å². The zero-order chi connectivity index (χ0) is 14.5. The quantitative estimate of drug-likeness (QED) is 0.805. The van der Waals surface area contributed by atoms with Gasteiger partial charge in [0.25, 0.3) is 0 Å². The van der Waals surface area contributed by atoms with E-state index in [0.717, 1.165) is 0 Å². The summed E-state index contributed by atoms with van der Waals surface area (Å²) in [5.41, 5.74) is 0.525. The van der Waals surface area contributed by atoms with Crippen LogP contribution in [0, 0.1) is 0 Å². The summed E-state index contributed by atoms with van der Waals surface area (Å²) in [6.45, 7) is -1.62. The van der Waals surface area contributed by atoms with Gasteiger partial charge in [0.1, 0.15) is 6.61 Å². The van der Waals surface area contributed by atoms with E-state index in [2.05, 4.69) is 20.7 Å². The fraction of sp³-hybridized carbons (Fsp3) is 0.417. The maximum atomic E-state index is 11.9. The Balaban J connectivity index is 2.57. The van der Waals surface area contributed by atoms with Gasteiger partial charge < -0.3 is 9.84 Å². The lowest BCUT2D eigenvalue weighted by atomic mass is 9.96. The fourth-order valence-electron chi connectivity index (χ4n) is 1.55. The minimum Gasteiger partial charge on any atom is -0.481 e. The van der Waals surface area contributed by atoms with Crippen molar-refractivity contribution in [3.05, 3.63) is 34.3 Å². The second kappa shape index (κ2) is 6.91. The van der Waals surface area contributed by atoms with Crippen molar-refractivity contribution < 1.29 is 27.8 Å². The van der Waals surface area contributed by atoms with Crippen LogP contribution < -0.4 is 0 Å². The molecule has 19 heavy (non-hydrogen) atoms.